The topological polar surface area (TPSA) is 43.6 Å². The molecule has 0 aliphatic rings. The van der Waals surface area contributed by atoms with Crippen molar-refractivity contribution in [3.63, 3.8) is 0 Å². The predicted octanol–water partition coefficient (Wildman–Crippen LogP) is 5.20. The van der Waals surface area contributed by atoms with Gasteiger partial charge in [0.15, 0.2) is 11.5 Å². The van der Waals surface area contributed by atoms with Crippen molar-refractivity contribution < 1.29 is 13.9 Å². The highest BCUT2D eigenvalue weighted by Gasteiger charge is 2.11. The van der Waals surface area contributed by atoms with E-state index in [1.165, 1.54) is 0 Å². The van der Waals surface area contributed by atoms with Gasteiger partial charge in [-0.05, 0) is 42.8 Å². The van der Waals surface area contributed by atoms with Crippen molar-refractivity contribution in [2.75, 3.05) is 6.61 Å². The molecule has 0 radical (unpaired) electrons. The molecule has 3 aromatic rings. The molecule has 3 rings (SSSR count). The van der Waals surface area contributed by atoms with Crippen LogP contribution in [0.15, 0.2) is 65.3 Å². The van der Waals surface area contributed by atoms with Crippen molar-refractivity contribution in [3.8, 4) is 11.5 Å². The number of halogens is 1. The van der Waals surface area contributed by atoms with E-state index in [9.17, 15) is 0 Å². The van der Waals surface area contributed by atoms with Crippen LogP contribution < -0.4 is 14.8 Å². The Morgan fingerprint density at radius 1 is 0.962 bits per heavy atom. The highest BCUT2D eigenvalue weighted by atomic mass is 35.5. The number of benzene rings is 2. The molecule has 0 atom stereocenters. The molecule has 0 saturated heterocycles. The fourth-order valence-electron chi connectivity index (χ4n) is 2.60. The second-order valence-electron chi connectivity index (χ2n) is 5.78. The SMILES string of the molecule is CCOc1cccc(CNCc2ccco2)c1OCc1ccc(Cl)cc1. The lowest BCUT2D eigenvalue weighted by Crippen LogP contribution is -2.13. The van der Waals surface area contributed by atoms with Gasteiger partial charge in [-0.25, -0.2) is 0 Å². The van der Waals surface area contributed by atoms with Crippen LogP contribution >= 0.6 is 11.6 Å². The summed E-state index contributed by atoms with van der Waals surface area (Å²) in [6, 6.07) is 17.4. The zero-order valence-electron chi connectivity index (χ0n) is 14.7. The third-order valence-corrected chi connectivity index (χ3v) is 4.10. The van der Waals surface area contributed by atoms with Gasteiger partial charge in [0.05, 0.1) is 19.4 Å². The van der Waals surface area contributed by atoms with E-state index in [-0.39, 0.29) is 0 Å². The van der Waals surface area contributed by atoms with E-state index in [1.807, 2.05) is 61.5 Å². The summed E-state index contributed by atoms with van der Waals surface area (Å²) < 4.78 is 17.2. The van der Waals surface area contributed by atoms with Crippen molar-refractivity contribution in [2.24, 2.45) is 0 Å². The lowest BCUT2D eigenvalue weighted by Gasteiger charge is -2.16. The van der Waals surface area contributed by atoms with Gasteiger partial charge in [-0.2, -0.15) is 0 Å². The normalized spacial score (nSPS) is 10.7. The molecule has 0 unspecified atom stereocenters. The molecule has 4 nitrogen and oxygen atoms in total. The minimum Gasteiger partial charge on any atom is -0.490 e. The van der Waals surface area contributed by atoms with E-state index in [2.05, 4.69) is 5.32 Å². The molecule has 0 spiro atoms. The molecule has 1 aromatic heterocycles. The van der Waals surface area contributed by atoms with Gasteiger partial charge in [0.1, 0.15) is 12.4 Å². The summed E-state index contributed by atoms with van der Waals surface area (Å²) in [4.78, 5) is 0. The van der Waals surface area contributed by atoms with Gasteiger partial charge in [-0.15, -0.1) is 0 Å². The smallest absolute Gasteiger partial charge is 0.166 e. The molecule has 136 valence electrons. The lowest BCUT2D eigenvalue weighted by molar-refractivity contribution is 0.266. The second-order valence-corrected chi connectivity index (χ2v) is 6.21. The first-order chi connectivity index (χ1) is 12.8. The number of para-hydroxylation sites is 1. The van der Waals surface area contributed by atoms with Crippen LogP contribution in [0.3, 0.4) is 0 Å². The predicted molar refractivity (Wildman–Crippen MR) is 103 cm³/mol. The number of rotatable bonds is 9. The minimum atomic E-state index is 0.451. The highest BCUT2D eigenvalue weighted by molar-refractivity contribution is 6.30. The standard InChI is InChI=1S/C21H22ClNO3/c1-2-24-20-7-3-5-17(13-23-14-19-6-4-12-25-19)21(20)26-15-16-8-10-18(22)11-9-16/h3-12,23H,2,13-15H2,1H3. The molecule has 1 heterocycles. The number of furan rings is 1. The molecule has 26 heavy (non-hydrogen) atoms. The van der Waals surface area contributed by atoms with E-state index < -0.39 is 0 Å². The number of hydrogen-bond acceptors (Lipinski definition) is 4. The molecule has 2 aromatic carbocycles. The Labute approximate surface area is 158 Å². The maximum absolute atomic E-state index is 6.10. The van der Waals surface area contributed by atoms with Crippen molar-refractivity contribution in [1.82, 2.24) is 5.32 Å². The Balaban J connectivity index is 1.70. The summed E-state index contributed by atoms with van der Waals surface area (Å²) in [7, 11) is 0. The van der Waals surface area contributed by atoms with E-state index in [1.54, 1.807) is 6.26 Å². The average Bonchev–Trinajstić information content (AvgIpc) is 3.16. The maximum Gasteiger partial charge on any atom is 0.166 e. The van der Waals surface area contributed by atoms with Crippen LogP contribution in [0.25, 0.3) is 0 Å². The summed E-state index contributed by atoms with van der Waals surface area (Å²) in [5.74, 6) is 2.41. The van der Waals surface area contributed by atoms with Crippen molar-refractivity contribution in [1.29, 1.82) is 0 Å². The van der Waals surface area contributed by atoms with Gasteiger partial charge in [-0.1, -0.05) is 35.9 Å². The molecule has 0 aliphatic carbocycles. The van der Waals surface area contributed by atoms with Gasteiger partial charge >= 0.3 is 0 Å². The zero-order chi connectivity index (χ0) is 18.2. The van der Waals surface area contributed by atoms with E-state index in [0.29, 0.717) is 31.3 Å². The van der Waals surface area contributed by atoms with Crippen molar-refractivity contribution in [3.05, 3.63) is 82.8 Å². The van der Waals surface area contributed by atoms with Crippen molar-refractivity contribution in [2.45, 2.75) is 26.6 Å². The quantitative estimate of drug-likeness (QED) is 0.561. The van der Waals surface area contributed by atoms with Gasteiger partial charge in [-0.3, -0.25) is 0 Å². The minimum absolute atomic E-state index is 0.451. The second kappa shape index (κ2) is 9.32. The van der Waals surface area contributed by atoms with Crippen molar-refractivity contribution >= 4 is 11.6 Å². The molecular weight excluding hydrogens is 350 g/mol. The number of hydrogen-bond donors (Lipinski definition) is 1. The van der Waals surface area contributed by atoms with Gasteiger partial charge in [0.25, 0.3) is 0 Å². The van der Waals surface area contributed by atoms with Crippen LogP contribution in [0, 0.1) is 0 Å². The van der Waals surface area contributed by atoms with Gasteiger partial charge < -0.3 is 19.2 Å². The van der Waals surface area contributed by atoms with Crippen LogP contribution in [0.2, 0.25) is 5.02 Å². The van der Waals surface area contributed by atoms with E-state index >= 15 is 0 Å². The molecule has 5 heteroatoms. The Bertz CT molecular complexity index is 801. The number of ether oxygens (including phenoxy) is 2. The molecule has 1 N–H and O–H groups in total. The Hall–Kier alpha value is -2.43. The third-order valence-electron chi connectivity index (χ3n) is 3.85. The fraction of sp³-hybridized carbons (Fsp3) is 0.238. The zero-order valence-corrected chi connectivity index (χ0v) is 15.5. The molecule has 0 saturated carbocycles. The Morgan fingerprint density at radius 2 is 1.81 bits per heavy atom. The van der Waals surface area contributed by atoms with E-state index in [4.69, 9.17) is 25.5 Å². The summed E-state index contributed by atoms with van der Waals surface area (Å²) in [6.45, 7) is 4.30. The van der Waals surface area contributed by atoms with Gasteiger partial charge in [0.2, 0.25) is 0 Å². The maximum atomic E-state index is 6.10. The van der Waals surface area contributed by atoms with Crippen LogP contribution in [-0.4, -0.2) is 6.61 Å². The largest absolute Gasteiger partial charge is 0.490 e. The monoisotopic (exact) mass is 371 g/mol. The molecule has 0 amide bonds. The summed E-state index contributed by atoms with van der Waals surface area (Å²) in [5.41, 5.74) is 2.09. The van der Waals surface area contributed by atoms with Crippen LogP contribution in [0.1, 0.15) is 23.8 Å². The molecule has 0 fully saturated rings. The molecular formula is C21H22ClNO3. The van der Waals surface area contributed by atoms with Crippen LogP contribution in [-0.2, 0) is 19.7 Å². The average molecular weight is 372 g/mol. The first kappa shape index (κ1) is 18.4. The fourth-order valence-corrected chi connectivity index (χ4v) is 2.73. The summed E-state index contributed by atoms with van der Waals surface area (Å²) >= 11 is 5.94. The van der Waals surface area contributed by atoms with Crippen LogP contribution in [0.4, 0.5) is 0 Å². The first-order valence-electron chi connectivity index (χ1n) is 8.61. The molecule has 0 bridgehead atoms. The summed E-state index contributed by atoms with van der Waals surface area (Å²) in [5, 5.41) is 4.09. The highest BCUT2D eigenvalue weighted by Crippen LogP contribution is 2.32. The summed E-state index contributed by atoms with van der Waals surface area (Å²) in [6.07, 6.45) is 1.67. The van der Waals surface area contributed by atoms with Crippen LogP contribution in [0.5, 0.6) is 11.5 Å². The first-order valence-corrected chi connectivity index (χ1v) is 8.99. The third kappa shape index (κ3) is 5.04. The lowest BCUT2D eigenvalue weighted by atomic mass is 10.1. The van der Waals surface area contributed by atoms with E-state index in [0.717, 1.165) is 28.4 Å². The Kier molecular flexibility index (Phi) is 6.58. The number of nitrogens with one attached hydrogen (secondary N) is 1. The Morgan fingerprint density at radius 3 is 2.54 bits per heavy atom. The molecule has 0 aliphatic heterocycles. The van der Waals surface area contributed by atoms with Gasteiger partial charge in [0, 0.05) is 17.1 Å².